The molecule has 0 bridgehead atoms. The predicted octanol–water partition coefficient (Wildman–Crippen LogP) is 2.29. The first kappa shape index (κ1) is 30.0. The first-order chi connectivity index (χ1) is 20.2. The Kier molecular flexibility index (Phi) is 8.84. The van der Waals surface area contributed by atoms with Crippen molar-refractivity contribution in [1.82, 2.24) is 15.1 Å². The first-order valence-electron chi connectivity index (χ1n) is 15.0. The van der Waals surface area contributed by atoms with Gasteiger partial charge in [0.25, 0.3) is 0 Å². The second kappa shape index (κ2) is 12.4. The number of fused-ring (bicyclic) bond motifs is 2. The standard InChI is InChI=1S/C32H41N3O7/c1-4-11-20(2)34-17-10-16-32-27(29(38)35(21(3)19-36)28(32)30(34)39)26-23(42-32)14-8-9-15-25(37)33-18-24(41-31(26)40)22-12-6-5-7-13-22/h5-8,10,12-14,16,20-21,23-24,26-28,36H,4,9,11,15,17-19H2,1-3H3,(H,33,37)/b14-8-/t20?,21-,23+,24-,26-,27-,28+,32-/m1/s1. The number of carbonyl (C=O) groups excluding carboxylic acids is 4. The fourth-order valence-corrected chi connectivity index (χ4v) is 6.90. The number of aliphatic hydroxyl groups is 1. The van der Waals surface area contributed by atoms with E-state index in [4.69, 9.17) is 9.47 Å². The maximum atomic E-state index is 14.3. The maximum absolute atomic E-state index is 14.3. The molecule has 1 spiro atoms. The van der Waals surface area contributed by atoms with E-state index >= 15 is 0 Å². The summed E-state index contributed by atoms with van der Waals surface area (Å²) in [6.07, 6.45) is 7.85. The number of likely N-dealkylation sites (tertiary alicyclic amines) is 1. The zero-order valence-corrected chi connectivity index (χ0v) is 24.5. The van der Waals surface area contributed by atoms with E-state index in [1.54, 1.807) is 30.1 Å². The number of allylic oxidation sites excluding steroid dienone is 1. The van der Waals surface area contributed by atoms with E-state index in [1.807, 2.05) is 43.3 Å². The van der Waals surface area contributed by atoms with E-state index in [-0.39, 0.29) is 37.4 Å². The number of carbonyl (C=O) groups is 4. The Morgan fingerprint density at radius 3 is 2.55 bits per heavy atom. The number of nitrogens with zero attached hydrogens (tertiary/aromatic N) is 2. The highest BCUT2D eigenvalue weighted by Crippen LogP contribution is 2.53. The molecule has 0 saturated carbocycles. The van der Waals surface area contributed by atoms with Gasteiger partial charge in [-0.15, -0.1) is 0 Å². The normalized spacial score (nSPS) is 33.8. The summed E-state index contributed by atoms with van der Waals surface area (Å²) in [5.41, 5.74) is -0.715. The van der Waals surface area contributed by atoms with Crippen molar-refractivity contribution in [3.8, 4) is 0 Å². The molecule has 42 heavy (non-hydrogen) atoms. The molecule has 226 valence electrons. The van der Waals surface area contributed by atoms with Crippen molar-refractivity contribution in [1.29, 1.82) is 0 Å². The third-order valence-corrected chi connectivity index (χ3v) is 8.99. The summed E-state index contributed by atoms with van der Waals surface area (Å²) in [7, 11) is 0. The molecule has 1 aromatic carbocycles. The van der Waals surface area contributed by atoms with Gasteiger partial charge < -0.3 is 29.7 Å². The van der Waals surface area contributed by atoms with Gasteiger partial charge in [0, 0.05) is 19.0 Å². The lowest BCUT2D eigenvalue weighted by Gasteiger charge is -2.39. The highest BCUT2D eigenvalue weighted by atomic mass is 16.6. The SMILES string of the molecule is CCCC(C)N1CC=C[C@@]23O[C@H]4/C=C\CCC(=O)NC[C@H](c5ccccc5)OC(=O)[C@H]4[C@@H]2C(=O)N([C@H](C)CO)[C@H]3C1=O. The van der Waals surface area contributed by atoms with Crippen LogP contribution in [0.5, 0.6) is 0 Å². The molecule has 10 nitrogen and oxygen atoms in total. The lowest BCUT2D eigenvalue weighted by molar-refractivity contribution is -0.160. The Labute approximate surface area is 246 Å². The fourth-order valence-electron chi connectivity index (χ4n) is 6.90. The van der Waals surface area contributed by atoms with Crippen LogP contribution in [0.4, 0.5) is 0 Å². The Hall–Kier alpha value is -3.50. The molecule has 4 aliphatic rings. The number of nitrogens with one attached hydrogen (secondary N) is 1. The fraction of sp³-hybridized carbons (Fsp3) is 0.562. The van der Waals surface area contributed by atoms with Crippen molar-refractivity contribution in [2.24, 2.45) is 11.8 Å². The van der Waals surface area contributed by atoms with Gasteiger partial charge in [-0.1, -0.05) is 68.0 Å². The minimum absolute atomic E-state index is 0.0705. The minimum Gasteiger partial charge on any atom is -0.455 e. The topological polar surface area (TPSA) is 125 Å². The molecular weight excluding hydrogens is 538 g/mol. The van der Waals surface area contributed by atoms with E-state index in [9.17, 15) is 24.3 Å². The molecule has 1 aromatic rings. The Morgan fingerprint density at radius 2 is 1.83 bits per heavy atom. The molecule has 5 rings (SSSR count). The molecule has 2 N–H and O–H groups in total. The average molecular weight is 580 g/mol. The summed E-state index contributed by atoms with van der Waals surface area (Å²) < 4.78 is 12.8. The molecule has 0 aromatic heterocycles. The molecule has 4 aliphatic heterocycles. The third kappa shape index (κ3) is 5.26. The van der Waals surface area contributed by atoms with Crippen LogP contribution >= 0.6 is 0 Å². The van der Waals surface area contributed by atoms with E-state index in [2.05, 4.69) is 12.2 Å². The number of amides is 3. The molecule has 0 aliphatic carbocycles. The van der Waals surface area contributed by atoms with Crippen LogP contribution in [0.3, 0.4) is 0 Å². The number of hydrogen-bond acceptors (Lipinski definition) is 7. The second-order valence-corrected chi connectivity index (χ2v) is 11.8. The molecule has 3 amide bonds. The van der Waals surface area contributed by atoms with Crippen LogP contribution in [0.1, 0.15) is 58.1 Å². The van der Waals surface area contributed by atoms with Crippen LogP contribution in [-0.4, -0.2) is 88.1 Å². The number of cyclic esters (lactones) is 1. The summed E-state index contributed by atoms with van der Waals surface area (Å²) in [6, 6.07) is 7.35. The highest BCUT2D eigenvalue weighted by Gasteiger charge is 2.72. The molecule has 8 atom stereocenters. The molecule has 0 radical (unpaired) electrons. The van der Waals surface area contributed by atoms with Gasteiger partial charge >= 0.3 is 5.97 Å². The van der Waals surface area contributed by atoms with Gasteiger partial charge in [-0.2, -0.15) is 0 Å². The van der Waals surface area contributed by atoms with Gasteiger partial charge in [-0.05, 0) is 32.3 Å². The van der Waals surface area contributed by atoms with Crippen LogP contribution in [0.15, 0.2) is 54.6 Å². The quantitative estimate of drug-likeness (QED) is 0.391. The number of rotatable bonds is 6. The molecule has 10 heteroatoms. The van der Waals surface area contributed by atoms with Gasteiger partial charge in [0.15, 0.2) is 0 Å². The van der Waals surface area contributed by atoms with Gasteiger partial charge in [0.05, 0.1) is 31.2 Å². The third-order valence-electron chi connectivity index (χ3n) is 8.99. The second-order valence-electron chi connectivity index (χ2n) is 11.8. The lowest BCUT2D eigenvalue weighted by atomic mass is 9.77. The van der Waals surface area contributed by atoms with Crippen LogP contribution < -0.4 is 5.32 Å². The van der Waals surface area contributed by atoms with Crippen LogP contribution in [0.2, 0.25) is 0 Å². The van der Waals surface area contributed by atoms with E-state index in [0.717, 1.165) is 12.8 Å². The summed E-state index contributed by atoms with van der Waals surface area (Å²) in [4.78, 5) is 58.4. The lowest BCUT2D eigenvalue weighted by Crippen LogP contribution is -2.58. The van der Waals surface area contributed by atoms with Crippen LogP contribution in [0.25, 0.3) is 0 Å². The summed E-state index contributed by atoms with van der Waals surface area (Å²) >= 11 is 0. The smallest absolute Gasteiger partial charge is 0.313 e. The molecule has 4 heterocycles. The van der Waals surface area contributed by atoms with Crippen LogP contribution in [-0.2, 0) is 28.7 Å². The number of benzene rings is 1. The summed E-state index contributed by atoms with van der Waals surface area (Å²) in [6.45, 7) is 5.83. The largest absolute Gasteiger partial charge is 0.455 e. The molecule has 2 fully saturated rings. The molecule has 1 unspecified atom stereocenters. The number of esters is 1. The van der Waals surface area contributed by atoms with Gasteiger partial charge in [0.1, 0.15) is 23.7 Å². The van der Waals surface area contributed by atoms with Crippen LogP contribution in [0, 0.1) is 11.8 Å². The number of aliphatic hydroxyl groups excluding tert-OH is 1. The number of hydrogen-bond donors (Lipinski definition) is 2. The Morgan fingerprint density at radius 1 is 1.07 bits per heavy atom. The Balaban J connectivity index is 1.59. The van der Waals surface area contributed by atoms with Crippen molar-refractivity contribution in [3.63, 3.8) is 0 Å². The maximum Gasteiger partial charge on any atom is 0.313 e. The zero-order valence-electron chi connectivity index (χ0n) is 24.5. The predicted molar refractivity (Wildman–Crippen MR) is 154 cm³/mol. The average Bonchev–Trinajstić information content (AvgIpc) is 3.37. The van der Waals surface area contributed by atoms with Gasteiger partial charge in [0.2, 0.25) is 17.7 Å². The van der Waals surface area contributed by atoms with Gasteiger partial charge in [-0.25, -0.2) is 0 Å². The van der Waals surface area contributed by atoms with E-state index in [0.29, 0.717) is 18.5 Å². The van der Waals surface area contributed by atoms with Crippen molar-refractivity contribution in [2.75, 3.05) is 19.7 Å². The molecular formula is C32H41N3O7. The van der Waals surface area contributed by atoms with Crippen molar-refractivity contribution < 1.29 is 33.8 Å². The summed E-state index contributed by atoms with van der Waals surface area (Å²) in [5, 5.41) is 13.0. The van der Waals surface area contributed by atoms with Crippen molar-refractivity contribution >= 4 is 23.7 Å². The number of ether oxygens (including phenoxy) is 2. The monoisotopic (exact) mass is 579 g/mol. The van der Waals surface area contributed by atoms with E-state index in [1.165, 1.54) is 4.90 Å². The first-order valence-corrected chi connectivity index (χ1v) is 15.0. The Bertz CT molecular complexity index is 1250. The van der Waals surface area contributed by atoms with Crippen molar-refractivity contribution in [2.45, 2.75) is 82.4 Å². The molecule has 2 saturated heterocycles. The minimum atomic E-state index is -1.42. The van der Waals surface area contributed by atoms with E-state index < -0.39 is 53.6 Å². The zero-order chi connectivity index (χ0) is 30.0. The van der Waals surface area contributed by atoms with Gasteiger partial charge in [-0.3, -0.25) is 19.2 Å². The summed E-state index contributed by atoms with van der Waals surface area (Å²) in [5.74, 6) is -3.55. The highest BCUT2D eigenvalue weighted by molar-refractivity contribution is 5.99. The van der Waals surface area contributed by atoms with Crippen molar-refractivity contribution in [3.05, 3.63) is 60.2 Å².